The number of carboxylic acid groups (broad SMARTS) is 1. The van der Waals surface area contributed by atoms with E-state index in [-0.39, 0.29) is 5.56 Å². The quantitative estimate of drug-likeness (QED) is 0.728. The Hall–Kier alpha value is -2.30. The van der Waals surface area contributed by atoms with Crippen LogP contribution in [-0.2, 0) is 6.54 Å². The molecule has 2 aromatic rings. The molecule has 0 bridgehead atoms. The average molecular weight is 217 g/mol. The Bertz CT molecular complexity index is 480. The third-order valence-corrected chi connectivity index (χ3v) is 2.19. The highest BCUT2D eigenvalue weighted by atomic mass is 16.4. The summed E-state index contributed by atoms with van der Waals surface area (Å²) in [6.07, 6.45) is 1.65. The van der Waals surface area contributed by atoms with Crippen LogP contribution in [0.1, 0.15) is 16.1 Å². The standard InChI is InChI=1S/C11H11N3O2/c15-11(16)9-3-1-2-4-10(9)12-7-8-5-6-13-14-8/h1-6,12H,7H2,(H,13,14)(H,15,16). The molecule has 0 aliphatic heterocycles. The van der Waals surface area contributed by atoms with Gasteiger partial charge in [0.05, 0.1) is 17.8 Å². The maximum atomic E-state index is 10.9. The predicted molar refractivity (Wildman–Crippen MR) is 59.3 cm³/mol. The molecule has 1 heterocycles. The SMILES string of the molecule is O=C(O)c1ccccc1NCc1ccn[nH]1. The molecule has 0 spiro atoms. The number of hydrogen-bond acceptors (Lipinski definition) is 3. The van der Waals surface area contributed by atoms with Crippen molar-refractivity contribution in [2.45, 2.75) is 6.54 Å². The Balaban J connectivity index is 2.12. The highest BCUT2D eigenvalue weighted by Gasteiger charge is 2.08. The fourth-order valence-corrected chi connectivity index (χ4v) is 1.40. The highest BCUT2D eigenvalue weighted by Crippen LogP contribution is 2.15. The molecule has 5 nitrogen and oxygen atoms in total. The first-order valence-corrected chi connectivity index (χ1v) is 4.82. The Morgan fingerprint density at radius 1 is 1.38 bits per heavy atom. The van der Waals surface area contributed by atoms with Crippen molar-refractivity contribution in [2.24, 2.45) is 0 Å². The number of benzene rings is 1. The lowest BCUT2D eigenvalue weighted by molar-refractivity contribution is 0.0698. The van der Waals surface area contributed by atoms with Crippen molar-refractivity contribution in [3.05, 3.63) is 47.8 Å². The fraction of sp³-hybridized carbons (Fsp3) is 0.0909. The molecular formula is C11H11N3O2. The van der Waals surface area contributed by atoms with Crippen molar-refractivity contribution in [3.8, 4) is 0 Å². The summed E-state index contributed by atoms with van der Waals surface area (Å²) in [5.41, 5.74) is 1.77. The van der Waals surface area contributed by atoms with E-state index in [4.69, 9.17) is 5.11 Å². The normalized spacial score (nSPS) is 10.0. The molecule has 0 amide bonds. The average Bonchev–Trinajstić information content (AvgIpc) is 2.79. The summed E-state index contributed by atoms with van der Waals surface area (Å²) >= 11 is 0. The van der Waals surface area contributed by atoms with Crippen molar-refractivity contribution in [1.82, 2.24) is 10.2 Å². The molecule has 0 aliphatic carbocycles. The van der Waals surface area contributed by atoms with Gasteiger partial charge >= 0.3 is 5.97 Å². The van der Waals surface area contributed by atoms with Gasteiger partial charge in [0.15, 0.2) is 0 Å². The van der Waals surface area contributed by atoms with E-state index in [1.54, 1.807) is 30.5 Å². The van der Waals surface area contributed by atoms with Gasteiger partial charge in [-0.1, -0.05) is 12.1 Å². The van der Waals surface area contributed by atoms with Crippen LogP contribution in [0.25, 0.3) is 0 Å². The van der Waals surface area contributed by atoms with Crippen LogP contribution in [0.4, 0.5) is 5.69 Å². The monoisotopic (exact) mass is 217 g/mol. The third kappa shape index (κ3) is 2.20. The Kier molecular flexibility index (Phi) is 2.86. The zero-order valence-electron chi connectivity index (χ0n) is 8.47. The molecule has 1 aromatic heterocycles. The molecule has 0 saturated carbocycles. The van der Waals surface area contributed by atoms with E-state index in [1.807, 2.05) is 6.07 Å². The predicted octanol–water partition coefficient (Wildman–Crippen LogP) is 1.72. The number of aromatic carboxylic acids is 1. The van der Waals surface area contributed by atoms with Gasteiger partial charge in [-0.05, 0) is 18.2 Å². The number of nitrogens with one attached hydrogen (secondary N) is 2. The van der Waals surface area contributed by atoms with Gasteiger partial charge in [-0.15, -0.1) is 0 Å². The second-order valence-electron chi connectivity index (χ2n) is 3.29. The van der Waals surface area contributed by atoms with E-state index in [0.29, 0.717) is 12.2 Å². The molecule has 0 aliphatic rings. The summed E-state index contributed by atoms with van der Waals surface area (Å²) in [6.45, 7) is 0.518. The van der Waals surface area contributed by atoms with Gasteiger partial charge in [-0.3, -0.25) is 5.10 Å². The van der Waals surface area contributed by atoms with Crippen LogP contribution in [-0.4, -0.2) is 21.3 Å². The maximum Gasteiger partial charge on any atom is 0.337 e. The minimum absolute atomic E-state index is 0.266. The van der Waals surface area contributed by atoms with Gasteiger partial charge in [-0.2, -0.15) is 5.10 Å². The number of aromatic amines is 1. The van der Waals surface area contributed by atoms with Crippen molar-refractivity contribution in [1.29, 1.82) is 0 Å². The van der Waals surface area contributed by atoms with Crippen molar-refractivity contribution >= 4 is 11.7 Å². The third-order valence-electron chi connectivity index (χ3n) is 2.19. The number of rotatable bonds is 4. The summed E-state index contributed by atoms with van der Waals surface area (Å²) in [4.78, 5) is 10.9. The lowest BCUT2D eigenvalue weighted by Gasteiger charge is -2.07. The Morgan fingerprint density at radius 2 is 2.19 bits per heavy atom. The smallest absolute Gasteiger partial charge is 0.337 e. The number of carbonyl (C=O) groups is 1. The van der Waals surface area contributed by atoms with Crippen molar-refractivity contribution in [3.63, 3.8) is 0 Å². The molecule has 82 valence electrons. The van der Waals surface area contributed by atoms with Crippen LogP contribution in [0.3, 0.4) is 0 Å². The number of carboxylic acids is 1. The molecule has 5 heteroatoms. The Labute approximate surface area is 92.1 Å². The van der Waals surface area contributed by atoms with Crippen LogP contribution < -0.4 is 5.32 Å². The van der Waals surface area contributed by atoms with E-state index in [9.17, 15) is 4.79 Å². The minimum Gasteiger partial charge on any atom is -0.478 e. The lowest BCUT2D eigenvalue weighted by Crippen LogP contribution is -2.06. The first-order valence-electron chi connectivity index (χ1n) is 4.82. The van der Waals surface area contributed by atoms with Crippen molar-refractivity contribution < 1.29 is 9.90 Å². The largest absolute Gasteiger partial charge is 0.478 e. The molecular weight excluding hydrogens is 206 g/mol. The zero-order chi connectivity index (χ0) is 11.4. The number of H-pyrrole nitrogens is 1. The van der Waals surface area contributed by atoms with Gasteiger partial charge in [0.1, 0.15) is 0 Å². The zero-order valence-corrected chi connectivity index (χ0v) is 8.47. The van der Waals surface area contributed by atoms with Gasteiger partial charge in [0.2, 0.25) is 0 Å². The molecule has 3 N–H and O–H groups in total. The maximum absolute atomic E-state index is 10.9. The second-order valence-corrected chi connectivity index (χ2v) is 3.29. The fourth-order valence-electron chi connectivity index (χ4n) is 1.40. The van der Waals surface area contributed by atoms with Crippen molar-refractivity contribution in [2.75, 3.05) is 5.32 Å². The van der Waals surface area contributed by atoms with E-state index in [2.05, 4.69) is 15.5 Å². The van der Waals surface area contributed by atoms with Crippen LogP contribution in [0.15, 0.2) is 36.5 Å². The van der Waals surface area contributed by atoms with Crippen LogP contribution in [0.5, 0.6) is 0 Å². The molecule has 0 radical (unpaired) electrons. The topological polar surface area (TPSA) is 78.0 Å². The molecule has 0 fully saturated rings. The highest BCUT2D eigenvalue weighted by molar-refractivity contribution is 5.94. The van der Waals surface area contributed by atoms with Crippen LogP contribution in [0.2, 0.25) is 0 Å². The van der Waals surface area contributed by atoms with Gasteiger partial charge < -0.3 is 10.4 Å². The van der Waals surface area contributed by atoms with Gasteiger partial charge in [0.25, 0.3) is 0 Å². The molecule has 16 heavy (non-hydrogen) atoms. The first kappa shape index (κ1) is 10.2. The molecule has 0 atom stereocenters. The second kappa shape index (κ2) is 4.48. The Morgan fingerprint density at radius 3 is 2.88 bits per heavy atom. The molecule has 0 unspecified atom stereocenters. The van der Waals surface area contributed by atoms with Gasteiger partial charge in [-0.25, -0.2) is 4.79 Å². The summed E-state index contributed by atoms with van der Waals surface area (Å²) in [5.74, 6) is -0.937. The number of nitrogens with zero attached hydrogens (tertiary/aromatic N) is 1. The number of para-hydroxylation sites is 1. The summed E-state index contributed by atoms with van der Waals surface area (Å²) < 4.78 is 0. The number of aromatic nitrogens is 2. The van der Waals surface area contributed by atoms with E-state index < -0.39 is 5.97 Å². The van der Waals surface area contributed by atoms with E-state index in [0.717, 1.165) is 5.69 Å². The molecule has 0 saturated heterocycles. The van der Waals surface area contributed by atoms with E-state index >= 15 is 0 Å². The van der Waals surface area contributed by atoms with Crippen LogP contribution >= 0.6 is 0 Å². The molecule has 1 aromatic carbocycles. The summed E-state index contributed by atoms with van der Waals surface area (Å²) in [7, 11) is 0. The summed E-state index contributed by atoms with van der Waals surface area (Å²) in [5, 5.41) is 18.6. The van der Waals surface area contributed by atoms with Crippen LogP contribution in [0, 0.1) is 0 Å². The van der Waals surface area contributed by atoms with Gasteiger partial charge in [0, 0.05) is 11.9 Å². The first-order chi connectivity index (χ1) is 7.77. The number of hydrogen-bond donors (Lipinski definition) is 3. The number of anilines is 1. The lowest BCUT2D eigenvalue weighted by atomic mass is 10.2. The van der Waals surface area contributed by atoms with E-state index in [1.165, 1.54) is 0 Å². The molecule has 2 rings (SSSR count). The summed E-state index contributed by atoms with van der Waals surface area (Å²) in [6, 6.07) is 8.63. The minimum atomic E-state index is -0.937.